The highest BCUT2D eigenvalue weighted by atomic mass is 16.6. The number of aromatic nitrogens is 3. The lowest BCUT2D eigenvalue weighted by molar-refractivity contribution is -0.0226. The zero-order valence-electron chi connectivity index (χ0n) is 19.8. The van der Waals surface area contributed by atoms with Gasteiger partial charge in [0.05, 0.1) is 5.39 Å². The van der Waals surface area contributed by atoms with E-state index >= 15 is 0 Å². The van der Waals surface area contributed by atoms with Gasteiger partial charge in [0.1, 0.15) is 23.4 Å². The fourth-order valence-electron chi connectivity index (χ4n) is 5.92. The van der Waals surface area contributed by atoms with Crippen LogP contribution in [0.25, 0.3) is 11.0 Å². The van der Waals surface area contributed by atoms with Gasteiger partial charge in [-0.05, 0) is 64.9 Å². The molecule has 1 N–H and O–H groups in total. The van der Waals surface area contributed by atoms with E-state index < -0.39 is 5.60 Å². The Labute approximate surface area is 190 Å². The van der Waals surface area contributed by atoms with Gasteiger partial charge in [-0.25, -0.2) is 14.8 Å². The number of hydrogen-bond acceptors (Lipinski definition) is 6. The highest BCUT2D eigenvalue weighted by molar-refractivity contribution is 5.87. The van der Waals surface area contributed by atoms with E-state index in [0.717, 1.165) is 49.5 Å². The number of hydrogen-bond donors (Lipinski definition) is 1. The molecule has 2 saturated heterocycles. The Kier molecular flexibility index (Phi) is 5.31. The summed E-state index contributed by atoms with van der Waals surface area (Å²) in [5.41, 5.74) is 0.760. The molecule has 1 amide bonds. The van der Waals surface area contributed by atoms with Crippen molar-refractivity contribution in [3.8, 4) is 0 Å². The molecule has 4 heterocycles. The third-order valence-electron chi connectivity index (χ3n) is 7.63. The van der Waals surface area contributed by atoms with Crippen molar-refractivity contribution in [3.05, 3.63) is 18.6 Å². The maximum atomic E-state index is 12.5. The van der Waals surface area contributed by atoms with Gasteiger partial charge in [-0.1, -0.05) is 0 Å². The first-order valence-corrected chi connectivity index (χ1v) is 12.0. The number of ether oxygens (including phenoxy) is 1. The SMILES string of the molecule is CNc1ncnc2c1ccn2C1CCC(CN2CCC23CCN(C(=O)OC(C)(C)C)C3)C1. The van der Waals surface area contributed by atoms with Gasteiger partial charge < -0.3 is 19.5 Å². The third-order valence-corrected chi connectivity index (χ3v) is 7.63. The van der Waals surface area contributed by atoms with Crippen molar-refractivity contribution < 1.29 is 9.53 Å². The van der Waals surface area contributed by atoms with Crippen LogP contribution >= 0.6 is 0 Å². The van der Waals surface area contributed by atoms with Gasteiger partial charge in [0.15, 0.2) is 0 Å². The maximum Gasteiger partial charge on any atom is 0.410 e. The Morgan fingerprint density at radius 3 is 2.78 bits per heavy atom. The van der Waals surface area contributed by atoms with Gasteiger partial charge in [-0.15, -0.1) is 0 Å². The van der Waals surface area contributed by atoms with Gasteiger partial charge >= 0.3 is 6.09 Å². The van der Waals surface area contributed by atoms with Crippen molar-refractivity contribution in [1.82, 2.24) is 24.3 Å². The number of nitrogens with one attached hydrogen (secondary N) is 1. The Morgan fingerprint density at radius 2 is 2.06 bits per heavy atom. The van der Waals surface area contributed by atoms with Crippen LogP contribution in [0.1, 0.15) is 58.9 Å². The summed E-state index contributed by atoms with van der Waals surface area (Å²) in [7, 11) is 1.90. The van der Waals surface area contributed by atoms with E-state index in [0.29, 0.717) is 12.0 Å². The average Bonchev–Trinajstić information content (AvgIpc) is 3.47. The van der Waals surface area contributed by atoms with E-state index in [1.54, 1.807) is 6.33 Å². The highest BCUT2D eigenvalue weighted by Gasteiger charge is 2.51. The fraction of sp³-hybridized carbons (Fsp3) is 0.708. The molecule has 3 unspecified atom stereocenters. The smallest absolute Gasteiger partial charge is 0.410 e. The van der Waals surface area contributed by atoms with E-state index in [1.807, 2.05) is 32.7 Å². The summed E-state index contributed by atoms with van der Waals surface area (Å²) in [6.07, 6.45) is 9.54. The number of carbonyl (C=O) groups is 1. The van der Waals surface area contributed by atoms with Crippen LogP contribution in [0.15, 0.2) is 18.6 Å². The van der Waals surface area contributed by atoms with Crippen LogP contribution in [-0.4, -0.2) is 74.8 Å². The second-order valence-corrected chi connectivity index (χ2v) is 10.8. The number of likely N-dealkylation sites (tertiary alicyclic amines) is 2. The number of carbonyl (C=O) groups excluding carboxylic acids is 1. The largest absolute Gasteiger partial charge is 0.444 e. The molecule has 8 heteroatoms. The zero-order valence-corrected chi connectivity index (χ0v) is 19.8. The Morgan fingerprint density at radius 1 is 1.25 bits per heavy atom. The number of nitrogens with zero attached hydrogens (tertiary/aromatic N) is 5. The predicted molar refractivity (Wildman–Crippen MR) is 125 cm³/mol. The summed E-state index contributed by atoms with van der Waals surface area (Å²) in [4.78, 5) is 26.0. The van der Waals surface area contributed by atoms with Crippen LogP contribution in [0, 0.1) is 5.92 Å². The predicted octanol–water partition coefficient (Wildman–Crippen LogP) is 3.90. The molecule has 2 aromatic rings. The second-order valence-electron chi connectivity index (χ2n) is 10.8. The molecule has 1 spiro atoms. The lowest BCUT2D eigenvalue weighted by Crippen LogP contribution is -2.62. The summed E-state index contributed by atoms with van der Waals surface area (Å²) < 4.78 is 7.96. The summed E-state index contributed by atoms with van der Waals surface area (Å²) in [6, 6.07) is 2.62. The van der Waals surface area contributed by atoms with Gasteiger partial charge in [-0.2, -0.15) is 0 Å². The molecule has 2 aromatic heterocycles. The molecule has 3 atom stereocenters. The van der Waals surface area contributed by atoms with Crippen molar-refractivity contribution in [2.45, 2.75) is 70.1 Å². The lowest BCUT2D eigenvalue weighted by atomic mass is 9.82. The Balaban J connectivity index is 1.20. The van der Waals surface area contributed by atoms with Crippen LogP contribution in [0.2, 0.25) is 0 Å². The molecular formula is C24H36N6O2. The molecule has 0 bridgehead atoms. The summed E-state index contributed by atoms with van der Waals surface area (Å²) >= 11 is 0. The fourth-order valence-corrected chi connectivity index (χ4v) is 5.92. The van der Waals surface area contributed by atoms with Gasteiger partial charge in [-0.3, -0.25) is 4.90 Å². The van der Waals surface area contributed by atoms with Gasteiger partial charge in [0.2, 0.25) is 0 Å². The van der Waals surface area contributed by atoms with E-state index in [4.69, 9.17) is 4.74 Å². The minimum Gasteiger partial charge on any atom is -0.444 e. The molecule has 2 aliphatic heterocycles. The minimum absolute atomic E-state index is 0.162. The van der Waals surface area contributed by atoms with Gasteiger partial charge in [0, 0.05) is 51.0 Å². The van der Waals surface area contributed by atoms with Crippen molar-refractivity contribution in [2.24, 2.45) is 5.92 Å². The average molecular weight is 441 g/mol. The summed E-state index contributed by atoms with van der Waals surface area (Å²) in [5, 5.41) is 4.26. The monoisotopic (exact) mass is 440 g/mol. The first-order valence-electron chi connectivity index (χ1n) is 12.0. The standard InChI is InChI=1S/C24H36N6O2/c1-23(2,3)32-22(31)28-11-8-24(15-28)9-12-29(24)14-17-5-6-18(13-17)30-10-7-19-20(25-4)26-16-27-21(19)30/h7,10,16-18H,5-6,8-9,11-15H2,1-4H3,(H,25,26,27). The van der Waals surface area contributed by atoms with Crippen LogP contribution in [0.3, 0.4) is 0 Å². The van der Waals surface area contributed by atoms with E-state index in [1.165, 1.54) is 25.7 Å². The highest BCUT2D eigenvalue weighted by Crippen LogP contribution is 2.43. The quantitative estimate of drug-likeness (QED) is 0.777. The van der Waals surface area contributed by atoms with E-state index in [2.05, 4.69) is 37.0 Å². The van der Waals surface area contributed by atoms with Crippen molar-refractivity contribution in [2.75, 3.05) is 38.5 Å². The Bertz CT molecular complexity index is 998. The van der Waals surface area contributed by atoms with E-state index in [-0.39, 0.29) is 11.6 Å². The van der Waals surface area contributed by atoms with Crippen molar-refractivity contribution in [3.63, 3.8) is 0 Å². The molecule has 0 radical (unpaired) electrons. The first kappa shape index (κ1) is 21.5. The molecule has 0 aromatic carbocycles. The lowest BCUT2D eigenvalue weighted by Gasteiger charge is -2.51. The molecule has 3 aliphatic rings. The van der Waals surface area contributed by atoms with Crippen LogP contribution in [-0.2, 0) is 4.74 Å². The van der Waals surface area contributed by atoms with Crippen molar-refractivity contribution >= 4 is 22.9 Å². The van der Waals surface area contributed by atoms with Crippen LogP contribution < -0.4 is 5.32 Å². The molecule has 3 fully saturated rings. The molecule has 1 aliphatic carbocycles. The third kappa shape index (κ3) is 3.83. The number of anilines is 1. The molecular weight excluding hydrogens is 404 g/mol. The molecule has 32 heavy (non-hydrogen) atoms. The van der Waals surface area contributed by atoms with Crippen LogP contribution in [0.4, 0.5) is 10.6 Å². The molecule has 5 rings (SSSR count). The molecule has 8 nitrogen and oxygen atoms in total. The topological polar surface area (TPSA) is 75.5 Å². The van der Waals surface area contributed by atoms with E-state index in [9.17, 15) is 4.79 Å². The number of rotatable bonds is 4. The van der Waals surface area contributed by atoms with Crippen LogP contribution in [0.5, 0.6) is 0 Å². The molecule has 1 saturated carbocycles. The maximum absolute atomic E-state index is 12.5. The van der Waals surface area contributed by atoms with Crippen molar-refractivity contribution in [1.29, 1.82) is 0 Å². The first-order chi connectivity index (χ1) is 15.3. The summed E-state index contributed by atoms with van der Waals surface area (Å²) in [6.45, 7) is 9.70. The minimum atomic E-state index is -0.438. The molecule has 174 valence electrons. The number of amides is 1. The second kappa shape index (κ2) is 7.90. The summed E-state index contributed by atoms with van der Waals surface area (Å²) in [5.74, 6) is 1.58. The van der Waals surface area contributed by atoms with Gasteiger partial charge in [0.25, 0.3) is 0 Å². The Hall–Kier alpha value is -2.35. The number of fused-ring (bicyclic) bond motifs is 1. The normalized spacial score (nSPS) is 28.4. The zero-order chi connectivity index (χ0) is 22.5.